The molecule has 1 aromatic rings. The van der Waals surface area contributed by atoms with E-state index >= 15 is 0 Å². The highest BCUT2D eigenvalue weighted by atomic mass is 16.6. The van der Waals surface area contributed by atoms with Gasteiger partial charge in [-0.05, 0) is 32.5 Å². The van der Waals surface area contributed by atoms with Crippen LogP contribution in [0.3, 0.4) is 0 Å². The first kappa shape index (κ1) is 13.6. The summed E-state index contributed by atoms with van der Waals surface area (Å²) in [6, 6.07) is 4.41. The lowest BCUT2D eigenvalue weighted by Crippen LogP contribution is -2.38. The van der Waals surface area contributed by atoms with Crippen LogP contribution in [-0.2, 0) is 0 Å². The molecule has 0 N–H and O–H groups in total. The van der Waals surface area contributed by atoms with E-state index in [2.05, 4.69) is 4.90 Å². The van der Waals surface area contributed by atoms with E-state index in [0.717, 1.165) is 25.9 Å². The van der Waals surface area contributed by atoms with Crippen LogP contribution in [0, 0.1) is 10.1 Å². The topological polar surface area (TPSA) is 64.8 Å². The van der Waals surface area contributed by atoms with Crippen molar-refractivity contribution in [2.24, 2.45) is 0 Å². The van der Waals surface area contributed by atoms with Crippen LogP contribution in [0.25, 0.3) is 0 Å². The smallest absolute Gasteiger partial charge is 0.273 e. The fourth-order valence-corrected chi connectivity index (χ4v) is 2.27. The molecular formula is C13H18N2O4. The minimum Gasteiger partial charge on any atom is -0.493 e. The van der Waals surface area contributed by atoms with E-state index in [0.29, 0.717) is 11.5 Å². The van der Waals surface area contributed by atoms with E-state index < -0.39 is 4.92 Å². The highest BCUT2D eigenvalue weighted by Gasteiger charge is 2.21. The van der Waals surface area contributed by atoms with Crippen molar-refractivity contribution in [3.63, 3.8) is 0 Å². The fourth-order valence-electron chi connectivity index (χ4n) is 2.27. The first-order valence-electron chi connectivity index (χ1n) is 6.28. The Labute approximate surface area is 112 Å². The molecule has 1 atom stereocenters. The molecule has 1 heterocycles. The summed E-state index contributed by atoms with van der Waals surface area (Å²) in [6.45, 7) is 1.89. The van der Waals surface area contributed by atoms with Crippen LogP contribution < -0.4 is 9.47 Å². The molecule has 104 valence electrons. The molecule has 0 saturated carbocycles. The van der Waals surface area contributed by atoms with Gasteiger partial charge in [0.1, 0.15) is 6.10 Å². The number of methoxy groups -OCH3 is 1. The molecular weight excluding hydrogens is 248 g/mol. The number of hydrogen-bond acceptors (Lipinski definition) is 5. The maximum absolute atomic E-state index is 10.8. The number of benzene rings is 1. The van der Waals surface area contributed by atoms with Gasteiger partial charge in [0.15, 0.2) is 11.5 Å². The van der Waals surface area contributed by atoms with Crippen molar-refractivity contribution < 1.29 is 14.4 Å². The molecule has 0 radical (unpaired) electrons. The van der Waals surface area contributed by atoms with Gasteiger partial charge in [-0.25, -0.2) is 0 Å². The summed E-state index contributed by atoms with van der Waals surface area (Å²) in [7, 11) is 3.57. The van der Waals surface area contributed by atoms with Crippen LogP contribution in [-0.4, -0.2) is 43.2 Å². The van der Waals surface area contributed by atoms with Gasteiger partial charge in [0, 0.05) is 12.6 Å². The number of ether oxygens (including phenoxy) is 2. The predicted molar refractivity (Wildman–Crippen MR) is 70.8 cm³/mol. The summed E-state index contributed by atoms with van der Waals surface area (Å²) in [4.78, 5) is 12.6. The lowest BCUT2D eigenvalue weighted by molar-refractivity contribution is -0.385. The molecule has 19 heavy (non-hydrogen) atoms. The number of likely N-dealkylation sites (tertiary alicyclic amines) is 1. The van der Waals surface area contributed by atoms with Crippen LogP contribution in [0.2, 0.25) is 0 Å². The number of non-ortho nitro benzene ring substituents is 1. The van der Waals surface area contributed by atoms with Crippen molar-refractivity contribution >= 4 is 5.69 Å². The second-order valence-electron chi connectivity index (χ2n) is 4.74. The third kappa shape index (κ3) is 3.35. The van der Waals surface area contributed by atoms with Crippen molar-refractivity contribution in [1.29, 1.82) is 0 Å². The maximum atomic E-state index is 10.8. The van der Waals surface area contributed by atoms with E-state index in [9.17, 15) is 10.1 Å². The number of hydrogen-bond donors (Lipinski definition) is 0. The Hall–Kier alpha value is -1.82. The maximum Gasteiger partial charge on any atom is 0.273 e. The van der Waals surface area contributed by atoms with Crippen LogP contribution in [0.15, 0.2) is 18.2 Å². The largest absolute Gasteiger partial charge is 0.493 e. The van der Waals surface area contributed by atoms with Gasteiger partial charge < -0.3 is 14.4 Å². The summed E-state index contributed by atoms with van der Waals surface area (Å²) in [5, 5.41) is 10.8. The molecule has 0 aliphatic carbocycles. The van der Waals surface area contributed by atoms with Gasteiger partial charge in [0.05, 0.1) is 18.1 Å². The highest BCUT2D eigenvalue weighted by molar-refractivity contribution is 5.48. The van der Waals surface area contributed by atoms with E-state index in [1.165, 1.54) is 19.2 Å². The average molecular weight is 266 g/mol. The zero-order valence-corrected chi connectivity index (χ0v) is 11.2. The van der Waals surface area contributed by atoms with Gasteiger partial charge in [0.25, 0.3) is 5.69 Å². The number of likely N-dealkylation sites (N-methyl/N-ethyl adjacent to an activating group) is 1. The molecule has 1 aliphatic rings. The van der Waals surface area contributed by atoms with E-state index in [4.69, 9.17) is 9.47 Å². The minimum atomic E-state index is -0.431. The van der Waals surface area contributed by atoms with E-state index in [-0.39, 0.29) is 11.8 Å². The molecule has 2 rings (SSSR count). The molecule has 6 heteroatoms. The third-order valence-electron chi connectivity index (χ3n) is 3.23. The van der Waals surface area contributed by atoms with Gasteiger partial charge in [-0.1, -0.05) is 0 Å². The molecule has 0 spiro atoms. The van der Waals surface area contributed by atoms with Crippen molar-refractivity contribution in [3.05, 3.63) is 28.3 Å². The second kappa shape index (κ2) is 5.88. The summed E-state index contributed by atoms with van der Waals surface area (Å²) >= 11 is 0. The van der Waals surface area contributed by atoms with Crippen molar-refractivity contribution in [2.75, 3.05) is 27.2 Å². The summed E-state index contributed by atoms with van der Waals surface area (Å²) in [5.74, 6) is 0.968. The monoisotopic (exact) mass is 266 g/mol. The predicted octanol–water partition coefficient (Wildman–Crippen LogP) is 2.08. The van der Waals surface area contributed by atoms with Crippen molar-refractivity contribution in [1.82, 2.24) is 4.90 Å². The molecule has 1 unspecified atom stereocenters. The van der Waals surface area contributed by atoms with Gasteiger partial charge in [-0.3, -0.25) is 10.1 Å². The fraction of sp³-hybridized carbons (Fsp3) is 0.538. The van der Waals surface area contributed by atoms with Gasteiger partial charge in [-0.2, -0.15) is 0 Å². The van der Waals surface area contributed by atoms with Crippen molar-refractivity contribution in [2.45, 2.75) is 18.9 Å². The Bertz CT molecular complexity index is 464. The van der Waals surface area contributed by atoms with Crippen LogP contribution in [0.5, 0.6) is 11.5 Å². The second-order valence-corrected chi connectivity index (χ2v) is 4.74. The molecule has 1 aromatic carbocycles. The molecule has 0 bridgehead atoms. The standard InChI is InChI=1S/C13H18N2O4/c1-14-7-3-4-11(9-14)19-13-8-10(15(16)17)5-6-12(13)18-2/h5-6,8,11H,3-4,7,9H2,1-2H3. The number of piperidine rings is 1. The SMILES string of the molecule is COc1ccc([N+](=O)[O-])cc1OC1CCCN(C)C1. The average Bonchev–Trinajstić information content (AvgIpc) is 2.38. The lowest BCUT2D eigenvalue weighted by Gasteiger charge is -2.30. The number of nitro benzene ring substituents is 1. The van der Waals surface area contributed by atoms with Crippen LogP contribution >= 0.6 is 0 Å². The summed E-state index contributed by atoms with van der Waals surface area (Å²) in [6.07, 6.45) is 2.07. The van der Waals surface area contributed by atoms with Gasteiger partial charge in [-0.15, -0.1) is 0 Å². The Morgan fingerprint density at radius 1 is 1.42 bits per heavy atom. The van der Waals surface area contributed by atoms with Crippen molar-refractivity contribution in [3.8, 4) is 11.5 Å². The Kier molecular flexibility index (Phi) is 4.21. The Morgan fingerprint density at radius 3 is 2.84 bits per heavy atom. The number of nitro groups is 1. The first-order valence-corrected chi connectivity index (χ1v) is 6.28. The molecule has 6 nitrogen and oxygen atoms in total. The first-order chi connectivity index (χ1) is 9.10. The Balaban J connectivity index is 2.17. The van der Waals surface area contributed by atoms with E-state index in [1.807, 2.05) is 7.05 Å². The highest BCUT2D eigenvalue weighted by Crippen LogP contribution is 2.32. The molecule has 1 fully saturated rings. The van der Waals surface area contributed by atoms with Crippen LogP contribution in [0.4, 0.5) is 5.69 Å². The summed E-state index contributed by atoms with van der Waals surface area (Å²) in [5.41, 5.74) is 0.0139. The summed E-state index contributed by atoms with van der Waals surface area (Å²) < 4.78 is 11.1. The number of nitrogens with zero attached hydrogens (tertiary/aromatic N) is 2. The number of rotatable bonds is 4. The molecule has 0 amide bonds. The quantitative estimate of drug-likeness (QED) is 0.616. The zero-order valence-electron chi connectivity index (χ0n) is 11.2. The normalized spacial score (nSPS) is 20.0. The Morgan fingerprint density at radius 2 is 2.21 bits per heavy atom. The van der Waals surface area contributed by atoms with Crippen LogP contribution in [0.1, 0.15) is 12.8 Å². The molecule has 1 aliphatic heterocycles. The zero-order chi connectivity index (χ0) is 13.8. The lowest BCUT2D eigenvalue weighted by atomic mass is 10.1. The van der Waals surface area contributed by atoms with Gasteiger partial charge >= 0.3 is 0 Å². The minimum absolute atomic E-state index is 0.0139. The third-order valence-corrected chi connectivity index (χ3v) is 3.23. The van der Waals surface area contributed by atoms with Gasteiger partial charge in [0.2, 0.25) is 0 Å². The molecule has 0 aromatic heterocycles. The molecule has 1 saturated heterocycles. The van der Waals surface area contributed by atoms with E-state index in [1.54, 1.807) is 6.07 Å².